The second-order valence-electron chi connectivity index (χ2n) is 9.90. The molecule has 7 heteroatoms. The van der Waals surface area contributed by atoms with Gasteiger partial charge in [-0.2, -0.15) is 0 Å². The van der Waals surface area contributed by atoms with Crippen LogP contribution < -0.4 is 10.5 Å². The van der Waals surface area contributed by atoms with Crippen LogP contribution in [0.4, 0.5) is 0 Å². The maximum Gasteiger partial charge on any atom is 0.339 e. The SMILES string of the molecule is Cc1cc(OCC(O)CN)cc2c1C(=O)O[C@@H](C)[C@H](C)/C=C\C(C)C1OC(C)(C)O[C@H]1C/C=C/2. The largest absolute Gasteiger partial charge is 0.491 e. The second-order valence-corrected chi connectivity index (χ2v) is 9.90. The van der Waals surface area contributed by atoms with Gasteiger partial charge < -0.3 is 29.8 Å². The number of hydrogen-bond acceptors (Lipinski definition) is 7. The number of cyclic esters (lactones) is 1. The molecular formula is C27H39NO6. The third kappa shape index (κ3) is 6.48. The third-order valence-corrected chi connectivity index (χ3v) is 6.42. The number of esters is 1. The van der Waals surface area contributed by atoms with Crippen molar-refractivity contribution in [3.8, 4) is 5.75 Å². The molecule has 0 aromatic heterocycles. The Morgan fingerprint density at radius 3 is 2.59 bits per heavy atom. The lowest BCUT2D eigenvalue weighted by atomic mass is 9.94. The first-order chi connectivity index (χ1) is 16.0. The van der Waals surface area contributed by atoms with Crippen molar-refractivity contribution in [3.05, 3.63) is 47.1 Å². The first kappa shape index (κ1) is 26.4. The average molecular weight is 474 g/mol. The van der Waals surface area contributed by atoms with E-state index >= 15 is 0 Å². The third-order valence-electron chi connectivity index (χ3n) is 6.42. The molecule has 1 fully saturated rings. The van der Waals surface area contributed by atoms with Gasteiger partial charge >= 0.3 is 5.97 Å². The van der Waals surface area contributed by atoms with Crippen molar-refractivity contribution in [2.75, 3.05) is 13.2 Å². The number of aliphatic hydroxyl groups is 1. The van der Waals surface area contributed by atoms with Gasteiger partial charge in [0.1, 0.15) is 24.6 Å². The summed E-state index contributed by atoms with van der Waals surface area (Å²) >= 11 is 0. The van der Waals surface area contributed by atoms with E-state index in [1.807, 2.05) is 46.8 Å². The zero-order valence-corrected chi connectivity index (χ0v) is 21.1. The molecule has 1 aromatic carbocycles. The van der Waals surface area contributed by atoms with Gasteiger partial charge in [-0.3, -0.25) is 0 Å². The lowest BCUT2D eigenvalue weighted by Crippen LogP contribution is -2.29. The molecule has 1 aromatic rings. The van der Waals surface area contributed by atoms with Gasteiger partial charge in [-0.25, -0.2) is 4.79 Å². The molecule has 3 N–H and O–H groups in total. The Morgan fingerprint density at radius 1 is 1.18 bits per heavy atom. The Labute approximate surface area is 202 Å². The van der Waals surface area contributed by atoms with Gasteiger partial charge in [0.05, 0.1) is 17.8 Å². The van der Waals surface area contributed by atoms with Gasteiger partial charge in [0, 0.05) is 18.4 Å². The summed E-state index contributed by atoms with van der Waals surface area (Å²) in [6.45, 7) is 12.0. The number of fused-ring (bicyclic) bond motifs is 2. The molecule has 0 bridgehead atoms. The summed E-state index contributed by atoms with van der Waals surface area (Å²) in [4.78, 5) is 13.2. The Kier molecular flexibility index (Phi) is 8.57. The first-order valence-electron chi connectivity index (χ1n) is 12.1. The van der Waals surface area contributed by atoms with Crippen LogP contribution in [0.5, 0.6) is 5.75 Å². The van der Waals surface area contributed by atoms with E-state index in [9.17, 15) is 9.90 Å². The van der Waals surface area contributed by atoms with E-state index < -0.39 is 11.9 Å². The summed E-state index contributed by atoms with van der Waals surface area (Å²) in [5.41, 5.74) is 7.41. The Balaban J connectivity index is 1.99. The lowest BCUT2D eigenvalue weighted by molar-refractivity contribution is -0.148. The number of aryl methyl sites for hydroxylation is 1. The highest BCUT2D eigenvalue weighted by Gasteiger charge is 2.42. The summed E-state index contributed by atoms with van der Waals surface area (Å²) < 4.78 is 24.0. The fourth-order valence-corrected chi connectivity index (χ4v) is 4.31. The minimum Gasteiger partial charge on any atom is -0.491 e. The van der Waals surface area contributed by atoms with Gasteiger partial charge in [0.2, 0.25) is 0 Å². The van der Waals surface area contributed by atoms with Crippen LogP contribution in [-0.4, -0.2) is 54.4 Å². The van der Waals surface area contributed by atoms with Gasteiger partial charge in [-0.05, 0) is 57.4 Å². The molecule has 188 valence electrons. The van der Waals surface area contributed by atoms with Crippen molar-refractivity contribution < 1.29 is 28.8 Å². The van der Waals surface area contributed by atoms with Crippen LogP contribution in [0.1, 0.15) is 62.5 Å². The predicted molar refractivity (Wildman–Crippen MR) is 132 cm³/mol. The number of carbonyl (C=O) groups is 1. The highest BCUT2D eigenvalue weighted by molar-refractivity contribution is 5.95. The maximum absolute atomic E-state index is 13.2. The monoisotopic (exact) mass is 473 g/mol. The van der Waals surface area contributed by atoms with E-state index in [1.54, 1.807) is 12.1 Å². The van der Waals surface area contributed by atoms with Crippen LogP contribution in [0.2, 0.25) is 0 Å². The number of rotatable bonds is 4. The van der Waals surface area contributed by atoms with E-state index in [-0.39, 0.29) is 49.3 Å². The minimum absolute atomic E-state index is 0.0303. The van der Waals surface area contributed by atoms with Crippen molar-refractivity contribution in [3.63, 3.8) is 0 Å². The number of ether oxygens (including phenoxy) is 4. The van der Waals surface area contributed by atoms with Gasteiger partial charge in [0.25, 0.3) is 0 Å². The standard InChI is InChI=1S/C27H39NO6/c1-16-10-11-17(2)25-23(33-27(5,6)34-25)9-7-8-20-13-22(31-15-21(29)14-28)12-18(3)24(20)26(30)32-19(16)4/h7-8,10-13,16-17,19,21,23,25,29H,9,14-15,28H2,1-6H3/b8-7+,11-10-/t16-,17?,19+,21?,23+,25?/m1/s1. The molecule has 0 amide bonds. The fourth-order valence-electron chi connectivity index (χ4n) is 4.31. The lowest BCUT2D eigenvalue weighted by Gasteiger charge is -2.23. The molecule has 0 saturated carbocycles. The predicted octanol–water partition coefficient (Wildman–Crippen LogP) is 4.00. The number of hydrogen-bond donors (Lipinski definition) is 2. The molecule has 0 spiro atoms. The Bertz CT molecular complexity index is 924. The van der Waals surface area contributed by atoms with E-state index in [0.717, 1.165) is 5.56 Å². The Morgan fingerprint density at radius 2 is 1.88 bits per heavy atom. The molecule has 7 nitrogen and oxygen atoms in total. The summed E-state index contributed by atoms with van der Waals surface area (Å²) in [7, 11) is 0. The summed E-state index contributed by atoms with van der Waals surface area (Å²) in [5.74, 6) is -0.307. The highest BCUT2D eigenvalue weighted by atomic mass is 16.8. The molecule has 2 aliphatic rings. The number of aliphatic hydroxyl groups excluding tert-OH is 1. The van der Waals surface area contributed by atoms with Gasteiger partial charge in [0.15, 0.2) is 5.79 Å². The summed E-state index contributed by atoms with van der Waals surface area (Å²) in [6.07, 6.45) is 7.49. The normalized spacial score (nSPS) is 32.0. The molecule has 2 aliphatic heterocycles. The van der Waals surface area contributed by atoms with Crippen LogP contribution in [-0.2, 0) is 14.2 Å². The number of carbonyl (C=O) groups excluding carboxylic acids is 1. The van der Waals surface area contributed by atoms with E-state index in [4.69, 9.17) is 24.7 Å². The number of nitrogens with two attached hydrogens (primary N) is 1. The molecule has 0 radical (unpaired) electrons. The zero-order chi connectivity index (χ0) is 25.0. The summed E-state index contributed by atoms with van der Waals surface area (Å²) in [5, 5.41) is 9.76. The summed E-state index contributed by atoms with van der Waals surface area (Å²) in [6, 6.07) is 3.57. The average Bonchev–Trinajstić information content (AvgIpc) is 3.08. The number of benzene rings is 1. The van der Waals surface area contributed by atoms with Gasteiger partial charge in [-0.15, -0.1) is 0 Å². The molecule has 3 rings (SSSR count). The van der Waals surface area contributed by atoms with Crippen molar-refractivity contribution in [2.45, 2.75) is 78.2 Å². The van der Waals surface area contributed by atoms with E-state index in [1.165, 1.54) is 0 Å². The van der Waals surface area contributed by atoms with Crippen molar-refractivity contribution in [1.82, 2.24) is 0 Å². The Hall–Kier alpha value is -2.19. The zero-order valence-electron chi connectivity index (χ0n) is 21.1. The molecule has 34 heavy (non-hydrogen) atoms. The second kappa shape index (κ2) is 11.0. The first-order valence-corrected chi connectivity index (χ1v) is 12.1. The highest BCUT2D eigenvalue weighted by Crippen LogP contribution is 2.35. The van der Waals surface area contributed by atoms with Crippen molar-refractivity contribution in [1.29, 1.82) is 0 Å². The van der Waals surface area contributed by atoms with Crippen LogP contribution >= 0.6 is 0 Å². The smallest absolute Gasteiger partial charge is 0.339 e. The molecule has 0 aliphatic carbocycles. The topological polar surface area (TPSA) is 100 Å². The van der Waals surface area contributed by atoms with Crippen LogP contribution in [0.25, 0.3) is 6.08 Å². The van der Waals surface area contributed by atoms with E-state index in [0.29, 0.717) is 23.3 Å². The van der Waals surface area contributed by atoms with Crippen LogP contribution in [0.3, 0.4) is 0 Å². The molecular weight excluding hydrogens is 434 g/mol. The molecule has 2 heterocycles. The quantitative estimate of drug-likeness (QED) is 0.503. The van der Waals surface area contributed by atoms with Crippen molar-refractivity contribution in [2.24, 2.45) is 17.6 Å². The van der Waals surface area contributed by atoms with Crippen molar-refractivity contribution >= 4 is 12.0 Å². The molecule has 6 atom stereocenters. The fraction of sp³-hybridized carbons (Fsp3) is 0.593. The molecule has 1 saturated heterocycles. The van der Waals surface area contributed by atoms with Gasteiger partial charge in [-0.1, -0.05) is 38.2 Å². The maximum atomic E-state index is 13.2. The van der Waals surface area contributed by atoms with E-state index in [2.05, 4.69) is 19.1 Å². The van der Waals surface area contributed by atoms with Crippen LogP contribution in [0.15, 0.2) is 30.4 Å². The molecule has 3 unspecified atom stereocenters. The minimum atomic E-state index is -0.758. The van der Waals surface area contributed by atoms with Crippen LogP contribution in [0, 0.1) is 18.8 Å².